The Bertz CT molecular complexity index is 1850. The number of benzene rings is 3. The molecule has 10 heteroatoms. The van der Waals surface area contributed by atoms with Gasteiger partial charge in [0.2, 0.25) is 5.91 Å². The molecular formula is C38H37NO9. The van der Waals surface area contributed by atoms with Crippen LogP contribution in [0.25, 0.3) is 0 Å². The molecule has 0 bridgehead atoms. The average Bonchev–Trinajstić information content (AvgIpc) is 3.48. The van der Waals surface area contributed by atoms with E-state index < -0.39 is 17.9 Å². The van der Waals surface area contributed by atoms with Crippen LogP contribution in [0.2, 0.25) is 0 Å². The third kappa shape index (κ3) is 7.69. The van der Waals surface area contributed by atoms with Gasteiger partial charge in [-0.1, -0.05) is 53.8 Å². The summed E-state index contributed by atoms with van der Waals surface area (Å²) in [6, 6.07) is 15.1. The molecule has 1 N–H and O–H groups in total. The molecule has 2 aliphatic heterocycles. The molecule has 3 aromatic carbocycles. The van der Waals surface area contributed by atoms with E-state index >= 15 is 0 Å². The van der Waals surface area contributed by atoms with Gasteiger partial charge in [-0.25, -0.2) is 4.79 Å². The van der Waals surface area contributed by atoms with Crippen molar-refractivity contribution in [2.45, 2.75) is 59.1 Å². The van der Waals surface area contributed by atoms with Crippen molar-refractivity contribution in [1.29, 1.82) is 0 Å². The first-order valence-electron chi connectivity index (χ1n) is 15.7. The molecule has 5 rings (SSSR count). The first kappa shape index (κ1) is 33.8. The second-order valence-corrected chi connectivity index (χ2v) is 11.5. The molecule has 0 fully saturated rings. The molecule has 0 radical (unpaired) electrons. The van der Waals surface area contributed by atoms with Crippen molar-refractivity contribution in [1.82, 2.24) is 0 Å². The second-order valence-electron chi connectivity index (χ2n) is 11.5. The van der Waals surface area contributed by atoms with Gasteiger partial charge in [0.25, 0.3) is 0 Å². The molecular weight excluding hydrogens is 614 g/mol. The molecule has 248 valence electrons. The van der Waals surface area contributed by atoms with Gasteiger partial charge in [0.15, 0.2) is 0 Å². The molecule has 2 aliphatic rings. The van der Waals surface area contributed by atoms with Crippen molar-refractivity contribution in [3.8, 4) is 23.3 Å². The third-order valence-corrected chi connectivity index (χ3v) is 8.35. The fourth-order valence-corrected chi connectivity index (χ4v) is 5.71. The fourth-order valence-electron chi connectivity index (χ4n) is 5.71. The standard InChI is InChI=1S/C38H37NO9/c1-24(12-16-29-36(43)35-30(23-48-38(35)44)25(2)37(29)45-3)13-18-33(41)46-20-21-47-34(42)19-17-32(40)39-22-28-10-5-4-8-26(28)14-15-27-9-6-7-11-31(27)39/h4-12,43H,13,16-23H2,1-3H3/b24-12+. The number of hydrogen-bond acceptors (Lipinski definition) is 9. The Morgan fingerprint density at radius 3 is 2.31 bits per heavy atom. The predicted molar refractivity (Wildman–Crippen MR) is 176 cm³/mol. The Labute approximate surface area is 279 Å². The number of carbonyl (C=O) groups is 4. The van der Waals surface area contributed by atoms with Crippen LogP contribution in [-0.4, -0.2) is 49.2 Å². The van der Waals surface area contributed by atoms with Crippen LogP contribution >= 0.6 is 0 Å². The van der Waals surface area contributed by atoms with Crippen molar-refractivity contribution in [2.24, 2.45) is 0 Å². The summed E-state index contributed by atoms with van der Waals surface area (Å²) in [5.74, 6) is 4.87. The van der Waals surface area contributed by atoms with E-state index in [4.69, 9.17) is 18.9 Å². The topological polar surface area (TPSA) is 129 Å². The van der Waals surface area contributed by atoms with Gasteiger partial charge >= 0.3 is 17.9 Å². The normalized spacial score (nSPS) is 13.1. The zero-order chi connectivity index (χ0) is 34.2. The lowest BCUT2D eigenvalue weighted by Gasteiger charge is -2.26. The maximum Gasteiger partial charge on any atom is 0.342 e. The second kappa shape index (κ2) is 15.4. The van der Waals surface area contributed by atoms with Crippen LogP contribution in [-0.2, 0) is 48.2 Å². The quantitative estimate of drug-likeness (QED) is 0.0892. The molecule has 0 saturated carbocycles. The van der Waals surface area contributed by atoms with Crippen LogP contribution in [0.3, 0.4) is 0 Å². The minimum atomic E-state index is -0.563. The molecule has 3 aromatic rings. The minimum absolute atomic E-state index is 0.0487. The number of rotatable bonds is 12. The SMILES string of the molecule is COc1c(C)c2c(c(O)c1C/C=C(\C)CCC(=O)OCCOC(=O)CCC(=O)N1Cc3ccccc3C#Cc3ccccc31)C(=O)OC2. The zero-order valence-corrected chi connectivity index (χ0v) is 27.2. The van der Waals surface area contributed by atoms with Crippen molar-refractivity contribution >= 4 is 29.5 Å². The van der Waals surface area contributed by atoms with E-state index in [2.05, 4.69) is 11.8 Å². The van der Waals surface area contributed by atoms with E-state index in [-0.39, 0.29) is 56.3 Å². The van der Waals surface area contributed by atoms with Crippen molar-refractivity contribution in [3.05, 3.63) is 99.1 Å². The first-order chi connectivity index (χ1) is 23.2. The summed E-state index contributed by atoms with van der Waals surface area (Å²) in [5, 5.41) is 10.8. The lowest BCUT2D eigenvalue weighted by atomic mass is 9.94. The molecule has 48 heavy (non-hydrogen) atoms. The van der Waals surface area contributed by atoms with Gasteiger partial charge < -0.3 is 29.0 Å². The maximum absolute atomic E-state index is 13.3. The van der Waals surface area contributed by atoms with Crippen molar-refractivity contribution in [2.75, 3.05) is 25.2 Å². The van der Waals surface area contributed by atoms with E-state index in [0.29, 0.717) is 42.0 Å². The van der Waals surface area contributed by atoms with Gasteiger partial charge in [0, 0.05) is 35.1 Å². The van der Waals surface area contributed by atoms with E-state index in [1.807, 2.05) is 68.5 Å². The van der Waals surface area contributed by atoms with Crippen LogP contribution in [0.15, 0.2) is 60.2 Å². The molecule has 10 nitrogen and oxygen atoms in total. The highest BCUT2D eigenvalue weighted by atomic mass is 16.6. The number of nitrogens with zero attached hydrogens (tertiary/aromatic N) is 1. The smallest absolute Gasteiger partial charge is 0.342 e. The number of carbonyl (C=O) groups excluding carboxylic acids is 4. The lowest BCUT2D eigenvalue weighted by Crippen LogP contribution is -2.32. The Hall–Kier alpha value is -5.56. The Morgan fingerprint density at radius 1 is 0.938 bits per heavy atom. The number of cyclic esters (lactones) is 1. The number of phenols is 1. The maximum atomic E-state index is 13.3. The van der Waals surface area contributed by atoms with Crippen LogP contribution < -0.4 is 9.64 Å². The summed E-state index contributed by atoms with van der Waals surface area (Å²) in [5.41, 5.74) is 6.09. The first-order valence-corrected chi connectivity index (χ1v) is 15.7. The number of anilines is 1. The van der Waals surface area contributed by atoms with Crippen LogP contribution in [0.4, 0.5) is 5.69 Å². The summed E-state index contributed by atoms with van der Waals surface area (Å²) < 4.78 is 21.0. The van der Waals surface area contributed by atoms with Gasteiger partial charge in [-0.15, -0.1) is 0 Å². The number of fused-ring (bicyclic) bond motifs is 3. The highest BCUT2D eigenvalue weighted by Gasteiger charge is 2.32. The van der Waals surface area contributed by atoms with Gasteiger partial charge in [-0.3, -0.25) is 14.4 Å². The molecule has 0 saturated heterocycles. The predicted octanol–water partition coefficient (Wildman–Crippen LogP) is 5.46. The summed E-state index contributed by atoms with van der Waals surface area (Å²) >= 11 is 0. The molecule has 0 aromatic heterocycles. The van der Waals surface area contributed by atoms with Gasteiger partial charge in [0.05, 0.1) is 25.8 Å². The van der Waals surface area contributed by atoms with E-state index in [1.165, 1.54) is 7.11 Å². The Morgan fingerprint density at radius 2 is 1.58 bits per heavy atom. The van der Waals surface area contributed by atoms with Gasteiger partial charge in [0.1, 0.15) is 36.9 Å². The number of allylic oxidation sites excluding steroid dienone is 2. The third-order valence-electron chi connectivity index (χ3n) is 8.35. The number of ether oxygens (including phenoxy) is 4. The molecule has 1 amide bonds. The van der Waals surface area contributed by atoms with Crippen LogP contribution in [0, 0.1) is 18.8 Å². The highest BCUT2D eigenvalue weighted by molar-refractivity contribution is 5.98. The number of aromatic hydroxyl groups is 1. The largest absolute Gasteiger partial charge is 0.507 e. The minimum Gasteiger partial charge on any atom is -0.507 e. The van der Waals surface area contributed by atoms with Gasteiger partial charge in [-0.05, 0) is 56.0 Å². The van der Waals surface area contributed by atoms with Crippen LogP contribution in [0.5, 0.6) is 11.5 Å². The van der Waals surface area contributed by atoms with E-state index in [9.17, 15) is 24.3 Å². The number of hydrogen-bond donors (Lipinski definition) is 1. The molecule has 2 heterocycles. The lowest BCUT2D eigenvalue weighted by molar-refractivity contribution is -0.152. The average molecular weight is 652 g/mol. The number of esters is 3. The van der Waals surface area contributed by atoms with E-state index in [1.54, 1.807) is 4.90 Å². The summed E-state index contributed by atoms with van der Waals surface area (Å²) in [4.78, 5) is 51.8. The summed E-state index contributed by atoms with van der Waals surface area (Å²) in [6.07, 6.45) is 2.50. The highest BCUT2D eigenvalue weighted by Crippen LogP contribution is 2.42. The number of para-hydroxylation sites is 1. The number of phenolic OH excluding ortho intramolecular Hbond substituents is 1. The Kier molecular flexibility index (Phi) is 10.8. The molecule has 0 atom stereocenters. The monoisotopic (exact) mass is 651 g/mol. The Balaban J connectivity index is 1.05. The van der Waals surface area contributed by atoms with Crippen molar-refractivity contribution < 1.29 is 43.2 Å². The molecule has 0 unspecified atom stereocenters. The molecule has 0 spiro atoms. The summed E-state index contributed by atoms with van der Waals surface area (Å²) in [6.45, 7) is 3.88. The number of methoxy groups -OCH3 is 1. The zero-order valence-electron chi connectivity index (χ0n) is 27.2. The van der Waals surface area contributed by atoms with Crippen molar-refractivity contribution in [3.63, 3.8) is 0 Å². The van der Waals surface area contributed by atoms with E-state index in [0.717, 1.165) is 27.8 Å². The van der Waals surface area contributed by atoms with Crippen LogP contribution in [0.1, 0.15) is 76.3 Å². The number of amides is 1. The molecule has 0 aliphatic carbocycles. The summed E-state index contributed by atoms with van der Waals surface area (Å²) in [7, 11) is 1.50. The van der Waals surface area contributed by atoms with Gasteiger partial charge in [-0.2, -0.15) is 0 Å². The fraction of sp³-hybridized carbons (Fsp3) is 0.316.